The van der Waals surface area contributed by atoms with E-state index >= 15 is 0 Å². The number of thiazole rings is 1. The number of ether oxygens (including phenoxy) is 1. The molecule has 4 nitrogen and oxygen atoms in total. The summed E-state index contributed by atoms with van der Waals surface area (Å²) in [6.07, 6.45) is 18.2. The van der Waals surface area contributed by atoms with E-state index in [9.17, 15) is 4.79 Å². The Labute approximate surface area is 244 Å². The molecule has 3 rings (SSSR count). The molecule has 0 aliphatic carbocycles. The molecule has 1 heterocycles. The minimum Gasteiger partial charge on any atom is -0.492 e. The highest BCUT2D eigenvalue weighted by molar-refractivity contribution is 7.09. The van der Waals surface area contributed by atoms with Crippen molar-refractivity contribution in [2.24, 2.45) is 0 Å². The number of benzene rings is 2. The van der Waals surface area contributed by atoms with E-state index in [1.165, 1.54) is 75.6 Å². The average molecular weight is 570 g/mol. The number of hydrogen-bond acceptors (Lipinski definition) is 3. The highest BCUT2D eigenvalue weighted by Gasteiger charge is 2.14. The number of nitrogens with one attached hydrogen (secondary N) is 1. The summed E-state index contributed by atoms with van der Waals surface area (Å²) in [6, 6.07) is 13.6. The van der Waals surface area contributed by atoms with Crippen LogP contribution in [-0.2, 0) is 17.8 Å². The van der Waals surface area contributed by atoms with E-state index in [2.05, 4.69) is 41.4 Å². The molecule has 0 aliphatic heterocycles. The van der Waals surface area contributed by atoms with Gasteiger partial charge in [0.1, 0.15) is 5.75 Å². The molecule has 1 amide bonds. The Hall–Kier alpha value is -2.37. The summed E-state index contributed by atoms with van der Waals surface area (Å²) in [5.41, 5.74) is 2.82. The van der Waals surface area contributed by atoms with Gasteiger partial charge in [0.05, 0.1) is 29.1 Å². The summed E-state index contributed by atoms with van der Waals surface area (Å²) < 4.78 is 8.18. The number of halogens is 1. The van der Waals surface area contributed by atoms with E-state index in [4.69, 9.17) is 16.3 Å². The molecule has 1 N–H and O–H groups in total. The molecular formula is C33H46ClN2O2S+. The largest absolute Gasteiger partial charge is 0.492 e. The molecule has 0 fully saturated rings. The number of carbonyl (C=O) groups is 1. The third kappa shape index (κ3) is 11.7. The zero-order valence-corrected chi connectivity index (χ0v) is 25.4. The van der Waals surface area contributed by atoms with Crippen LogP contribution in [0.4, 0.5) is 5.69 Å². The van der Waals surface area contributed by atoms with E-state index < -0.39 is 0 Å². The SMILES string of the molecule is CCCCCCCCCCCCCCOc1cc(CC(=O)Nc2ccccc2C[n+]2ccsc2C)ccc1Cl. The van der Waals surface area contributed by atoms with E-state index in [1.54, 1.807) is 11.3 Å². The molecule has 212 valence electrons. The Balaban J connectivity index is 1.36. The van der Waals surface area contributed by atoms with Crippen LogP contribution >= 0.6 is 22.9 Å². The average Bonchev–Trinajstić information content (AvgIpc) is 3.33. The molecule has 0 unspecified atom stereocenters. The van der Waals surface area contributed by atoms with Crippen LogP contribution in [-0.4, -0.2) is 12.5 Å². The van der Waals surface area contributed by atoms with Gasteiger partial charge in [0.25, 0.3) is 0 Å². The quantitative estimate of drug-likeness (QED) is 0.115. The van der Waals surface area contributed by atoms with Gasteiger partial charge in [-0.05, 0) is 30.2 Å². The topological polar surface area (TPSA) is 42.2 Å². The van der Waals surface area contributed by atoms with Crippen molar-refractivity contribution < 1.29 is 14.1 Å². The zero-order chi connectivity index (χ0) is 27.7. The first-order chi connectivity index (χ1) is 19.1. The molecular weight excluding hydrogens is 524 g/mol. The van der Waals surface area contributed by atoms with Gasteiger partial charge in [0.15, 0.2) is 12.7 Å². The van der Waals surface area contributed by atoms with Gasteiger partial charge in [-0.15, -0.1) is 0 Å². The van der Waals surface area contributed by atoms with Crippen molar-refractivity contribution in [1.82, 2.24) is 0 Å². The second-order valence-electron chi connectivity index (χ2n) is 10.4. The van der Waals surface area contributed by atoms with E-state index in [0.29, 0.717) is 17.4 Å². The maximum absolute atomic E-state index is 12.9. The van der Waals surface area contributed by atoms with Crippen molar-refractivity contribution >= 4 is 34.5 Å². The fourth-order valence-corrected chi connectivity index (χ4v) is 5.61. The second kappa shape index (κ2) is 18.1. The first-order valence-corrected chi connectivity index (χ1v) is 16.0. The molecule has 0 spiro atoms. The first-order valence-electron chi connectivity index (χ1n) is 14.8. The summed E-state index contributed by atoms with van der Waals surface area (Å²) in [5, 5.41) is 7.00. The van der Waals surface area contributed by atoms with Gasteiger partial charge in [-0.3, -0.25) is 4.79 Å². The molecule has 1 aromatic heterocycles. The Morgan fingerprint density at radius 2 is 1.59 bits per heavy atom. The van der Waals surface area contributed by atoms with Crippen molar-refractivity contribution in [1.29, 1.82) is 0 Å². The number of aromatic nitrogens is 1. The fourth-order valence-electron chi connectivity index (χ4n) is 4.78. The lowest BCUT2D eigenvalue weighted by atomic mass is 10.1. The van der Waals surface area contributed by atoms with E-state index in [0.717, 1.165) is 29.8 Å². The lowest BCUT2D eigenvalue weighted by Gasteiger charge is -2.12. The molecule has 6 heteroatoms. The summed E-state index contributed by atoms with van der Waals surface area (Å²) in [6.45, 7) is 5.75. The van der Waals surface area contributed by atoms with Crippen molar-refractivity contribution in [3.05, 3.63) is 75.2 Å². The lowest BCUT2D eigenvalue weighted by molar-refractivity contribution is -0.689. The number of anilines is 1. The smallest absolute Gasteiger partial charge is 0.234 e. The number of rotatable bonds is 19. The van der Waals surface area contributed by atoms with E-state index in [1.807, 2.05) is 36.4 Å². The minimum atomic E-state index is -0.0521. The van der Waals surface area contributed by atoms with Crippen molar-refractivity contribution in [2.45, 2.75) is 104 Å². The number of aryl methyl sites for hydroxylation is 1. The van der Waals surface area contributed by atoms with Gasteiger partial charge in [-0.1, -0.05) is 125 Å². The maximum atomic E-state index is 12.9. The molecule has 0 aliphatic rings. The summed E-state index contributed by atoms with van der Waals surface area (Å²) >= 11 is 8.10. The third-order valence-corrected chi connectivity index (χ3v) is 8.28. The predicted molar refractivity (Wildman–Crippen MR) is 165 cm³/mol. The highest BCUT2D eigenvalue weighted by Crippen LogP contribution is 2.26. The number of amides is 1. The third-order valence-electron chi connectivity index (χ3n) is 7.13. The molecule has 3 aromatic rings. The maximum Gasteiger partial charge on any atom is 0.234 e. The summed E-state index contributed by atoms with van der Waals surface area (Å²) in [7, 11) is 0. The Morgan fingerprint density at radius 3 is 2.26 bits per heavy atom. The van der Waals surface area contributed by atoms with Gasteiger partial charge < -0.3 is 10.1 Å². The van der Waals surface area contributed by atoms with Gasteiger partial charge in [0.2, 0.25) is 10.9 Å². The van der Waals surface area contributed by atoms with Gasteiger partial charge in [-0.2, -0.15) is 4.57 Å². The summed E-state index contributed by atoms with van der Waals surface area (Å²) in [4.78, 5) is 12.9. The van der Waals surface area contributed by atoms with Crippen LogP contribution in [0.25, 0.3) is 0 Å². The molecule has 39 heavy (non-hydrogen) atoms. The number of carbonyl (C=O) groups excluding carboxylic acids is 1. The lowest BCUT2D eigenvalue weighted by Crippen LogP contribution is -2.34. The molecule has 0 radical (unpaired) electrons. The normalized spacial score (nSPS) is 11.1. The Kier molecular flexibility index (Phi) is 14.4. The second-order valence-corrected chi connectivity index (χ2v) is 11.9. The number of para-hydroxylation sites is 1. The molecule has 2 aromatic carbocycles. The predicted octanol–water partition coefficient (Wildman–Crippen LogP) is 9.31. The van der Waals surface area contributed by atoms with E-state index in [-0.39, 0.29) is 12.3 Å². The highest BCUT2D eigenvalue weighted by atomic mass is 35.5. The van der Waals surface area contributed by atoms with Crippen LogP contribution in [0.2, 0.25) is 5.02 Å². The van der Waals surface area contributed by atoms with Crippen LogP contribution < -0.4 is 14.6 Å². The number of unbranched alkanes of at least 4 members (excludes halogenated alkanes) is 11. The first kappa shape index (κ1) is 31.2. The van der Waals surface area contributed by atoms with Crippen LogP contribution in [0, 0.1) is 6.92 Å². The van der Waals surface area contributed by atoms with Gasteiger partial charge in [-0.25, -0.2) is 0 Å². The van der Waals surface area contributed by atoms with Crippen LogP contribution in [0.1, 0.15) is 100 Å². The zero-order valence-electron chi connectivity index (χ0n) is 23.9. The van der Waals surface area contributed by atoms with Crippen molar-refractivity contribution in [2.75, 3.05) is 11.9 Å². The minimum absolute atomic E-state index is 0.0521. The summed E-state index contributed by atoms with van der Waals surface area (Å²) in [5.74, 6) is 0.610. The molecule has 0 saturated carbocycles. The van der Waals surface area contributed by atoms with Crippen LogP contribution in [0.3, 0.4) is 0 Å². The Bertz CT molecular complexity index is 1130. The van der Waals surface area contributed by atoms with Crippen LogP contribution in [0.5, 0.6) is 5.75 Å². The fraction of sp³-hybridized carbons (Fsp3) is 0.515. The van der Waals surface area contributed by atoms with Gasteiger partial charge >= 0.3 is 0 Å². The molecule has 0 atom stereocenters. The van der Waals surface area contributed by atoms with Crippen molar-refractivity contribution in [3.8, 4) is 5.75 Å². The van der Waals surface area contributed by atoms with Gasteiger partial charge in [0, 0.05) is 12.5 Å². The van der Waals surface area contributed by atoms with Crippen LogP contribution in [0.15, 0.2) is 54.0 Å². The molecule has 0 bridgehead atoms. The Morgan fingerprint density at radius 1 is 0.923 bits per heavy atom. The molecule has 0 saturated heterocycles. The number of hydrogen-bond donors (Lipinski definition) is 1. The monoisotopic (exact) mass is 569 g/mol. The standard InChI is InChI=1S/C33H45ClN2O2S/c1-3-4-5-6-7-8-9-10-11-12-13-16-22-38-32-24-28(19-20-30(32)34)25-33(37)35-31-18-15-14-17-29(31)26-36-21-23-39-27(36)2/h14-15,17-21,23-24H,3-13,16,22,25-26H2,1-2H3/p+1. The van der Waals surface area contributed by atoms with Crippen molar-refractivity contribution in [3.63, 3.8) is 0 Å². The number of nitrogens with zero attached hydrogens (tertiary/aromatic N) is 1.